The molecule has 1 aromatic heterocycles. The summed E-state index contributed by atoms with van der Waals surface area (Å²) in [5, 5.41) is 9.89. The van der Waals surface area contributed by atoms with Gasteiger partial charge in [0.1, 0.15) is 5.58 Å². The van der Waals surface area contributed by atoms with Crippen LogP contribution in [0, 0.1) is 6.92 Å². The topological polar surface area (TPSA) is 115 Å². The zero-order chi connectivity index (χ0) is 30.0. The highest BCUT2D eigenvalue weighted by molar-refractivity contribution is 7.92. The minimum Gasteiger partial charge on any atom is -0.475 e. The molecule has 11 heteroatoms. The molecule has 10 nitrogen and oxygen atoms in total. The van der Waals surface area contributed by atoms with Gasteiger partial charge in [0, 0.05) is 63.5 Å². The van der Waals surface area contributed by atoms with Crippen LogP contribution in [0.4, 0.5) is 16.2 Å². The van der Waals surface area contributed by atoms with E-state index in [2.05, 4.69) is 4.90 Å². The van der Waals surface area contributed by atoms with Gasteiger partial charge in [0.25, 0.3) is 10.0 Å². The molecule has 0 radical (unpaired) electrons. The number of carboxylic acids is 1. The molecule has 5 rings (SSSR count). The van der Waals surface area contributed by atoms with E-state index >= 15 is 0 Å². The van der Waals surface area contributed by atoms with Gasteiger partial charge in [-0.3, -0.25) is 4.31 Å². The van der Waals surface area contributed by atoms with Crippen LogP contribution in [0.25, 0.3) is 11.0 Å². The maximum Gasteiger partial charge on any atom is 0.372 e. The first-order valence-electron chi connectivity index (χ1n) is 13.7. The van der Waals surface area contributed by atoms with Crippen molar-refractivity contribution in [3.8, 4) is 0 Å². The summed E-state index contributed by atoms with van der Waals surface area (Å²) in [6.45, 7) is 4.38. The molecule has 0 atom stereocenters. The predicted octanol–water partition coefficient (Wildman–Crippen LogP) is 4.68. The van der Waals surface area contributed by atoms with E-state index in [1.807, 2.05) is 47.4 Å². The largest absolute Gasteiger partial charge is 0.475 e. The smallest absolute Gasteiger partial charge is 0.372 e. The minimum absolute atomic E-state index is 0.00718. The van der Waals surface area contributed by atoms with Gasteiger partial charge < -0.3 is 24.2 Å². The fraction of sp³-hybridized carbons (Fsp3) is 0.290. The van der Waals surface area contributed by atoms with Crippen LogP contribution in [0.3, 0.4) is 0 Å². The minimum atomic E-state index is -4.02. The van der Waals surface area contributed by atoms with E-state index < -0.39 is 16.0 Å². The summed E-state index contributed by atoms with van der Waals surface area (Å²) in [6, 6.07) is 21.5. The normalized spacial score (nSPS) is 13.8. The first-order chi connectivity index (χ1) is 20.1. The Balaban J connectivity index is 1.43. The summed E-state index contributed by atoms with van der Waals surface area (Å²) in [7, 11) is -0.539. The molecule has 0 aliphatic carbocycles. The quantitative estimate of drug-likeness (QED) is 0.317. The van der Waals surface area contributed by atoms with Crippen molar-refractivity contribution in [1.29, 1.82) is 0 Å². The van der Waals surface area contributed by atoms with E-state index in [0.717, 1.165) is 11.3 Å². The molecule has 1 saturated heterocycles. The van der Waals surface area contributed by atoms with E-state index in [1.54, 1.807) is 38.1 Å². The van der Waals surface area contributed by atoms with Gasteiger partial charge in [0.2, 0.25) is 5.76 Å². The highest BCUT2D eigenvalue weighted by Gasteiger charge is 2.28. The number of aryl methyl sites for hydroxylation is 1. The first kappa shape index (κ1) is 29.0. The molecule has 1 fully saturated rings. The second kappa shape index (κ2) is 11.8. The number of amides is 2. The highest BCUT2D eigenvalue weighted by Crippen LogP contribution is 2.32. The number of carboxylic acid groups (broad SMARTS) is 1. The van der Waals surface area contributed by atoms with E-state index in [9.17, 15) is 23.1 Å². The molecular formula is C31H34N4O6S. The molecule has 3 aromatic carbocycles. The van der Waals surface area contributed by atoms with Crippen molar-refractivity contribution in [1.82, 2.24) is 9.80 Å². The van der Waals surface area contributed by atoms with E-state index in [-0.39, 0.29) is 23.2 Å². The standard InChI is InChI=1S/C31H34N4O6S/c1-22-27-21-26(13-14-28(27)41-29(22)30(36)37)42(39,40)35(16-15-23-7-5-4-6-8-23)25-11-9-24(10-12-25)33-17-19-34(20-18-33)31(38)32(2)3/h4-14,21H,15-20H2,1-3H3,(H,36,37). The number of aromatic carboxylic acids is 1. The van der Waals surface area contributed by atoms with Gasteiger partial charge in [-0.15, -0.1) is 0 Å². The van der Waals surface area contributed by atoms with Gasteiger partial charge in [-0.2, -0.15) is 0 Å². The van der Waals surface area contributed by atoms with Crippen molar-refractivity contribution in [2.24, 2.45) is 0 Å². The predicted molar refractivity (Wildman–Crippen MR) is 162 cm³/mol. The Labute approximate surface area is 245 Å². The number of nitrogens with zero attached hydrogens (tertiary/aromatic N) is 4. The lowest BCUT2D eigenvalue weighted by Gasteiger charge is -2.37. The zero-order valence-corrected chi connectivity index (χ0v) is 24.7. The van der Waals surface area contributed by atoms with E-state index in [4.69, 9.17) is 4.42 Å². The monoisotopic (exact) mass is 590 g/mol. The van der Waals surface area contributed by atoms with Crippen LogP contribution < -0.4 is 9.21 Å². The van der Waals surface area contributed by atoms with Crippen molar-refractivity contribution in [3.05, 3.63) is 89.7 Å². The number of carbonyl (C=O) groups is 2. The van der Waals surface area contributed by atoms with Crippen LogP contribution in [-0.4, -0.2) is 82.1 Å². The van der Waals surface area contributed by atoms with Gasteiger partial charge in [0.05, 0.1) is 10.6 Å². The lowest BCUT2D eigenvalue weighted by molar-refractivity contribution is 0.0664. The van der Waals surface area contributed by atoms with Gasteiger partial charge in [-0.05, 0) is 61.4 Å². The van der Waals surface area contributed by atoms with Crippen LogP contribution in [0.15, 0.2) is 82.1 Å². The highest BCUT2D eigenvalue weighted by atomic mass is 32.2. The number of carbonyl (C=O) groups excluding carboxylic acids is 1. The molecule has 0 saturated carbocycles. The third-order valence-corrected chi connectivity index (χ3v) is 9.40. The Morgan fingerprint density at radius 1 is 0.929 bits per heavy atom. The Bertz CT molecular complexity index is 1690. The third kappa shape index (κ3) is 5.78. The number of anilines is 2. The van der Waals surface area contributed by atoms with Gasteiger partial charge in [-0.25, -0.2) is 18.0 Å². The van der Waals surface area contributed by atoms with Crippen LogP contribution >= 0.6 is 0 Å². The summed E-state index contributed by atoms with van der Waals surface area (Å²) >= 11 is 0. The van der Waals surface area contributed by atoms with Crippen LogP contribution in [-0.2, 0) is 16.4 Å². The molecule has 1 aliphatic rings. The van der Waals surface area contributed by atoms with Gasteiger partial charge in [-0.1, -0.05) is 30.3 Å². The van der Waals surface area contributed by atoms with Crippen molar-refractivity contribution >= 4 is 44.4 Å². The molecule has 220 valence electrons. The Hall–Kier alpha value is -4.51. The summed E-state index contributed by atoms with van der Waals surface area (Å²) in [4.78, 5) is 29.5. The number of benzene rings is 3. The van der Waals surface area contributed by atoms with Gasteiger partial charge >= 0.3 is 12.0 Å². The van der Waals surface area contributed by atoms with Crippen molar-refractivity contribution in [2.45, 2.75) is 18.2 Å². The number of rotatable bonds is 8. The van der Waals surface area contributed by atoms with E-state index in [1.165, 1.54) is 22.5 Å². The molecule has 0 bridgehead atoms. The molecule has 0 spiro atoms. The molecule has 2 heterocycles. The van der Waals surface area contributed by atoms with Gasteiger partial charge in [0.15, 0.2) is 0 Å². The summed E-state index contributed by atoms with van der Waals surface area (Å²) in [5.41, 5.74) is 3.17. The zero-order valence-electron chi connectivity index (χ0n) is 23.9. The van der Waals surface area contributed by atoms with Crippen LogP contribution in [0.5, 0.6) is 0 Å². The average molecular weight is 591 g/mol. The summed E-state index contributed by atoms with van der Waals surface area (Å²) in [6.07, 6.45) is 0.500. The summed E-state index contributed by atoms with van der Waals surface area (Å²) < 4.78 is 35.1. The number of urea groups is 1. The fourth-order valence-corrected chi connectivity index (χ4v) is 6.72. The van der Waals surface area contributed by atoms with Crippen LogP contribution in [0.1, 0.15) is 21.7 Å². The third-order valence-electron chi connectivity index (χ3n) is 7.57. The lowest BCUT2D eigenvalue weighted by Crippen LogP contribution is -2.51. The Morgan fingerprint density at radius 2 is 1.60 bits per heavy atom. The number of sulfonamides is 1. The maximum absolute atomic E-state index is 14.1. The number of fused-ring (bicyclic) bond motifs is 1. The summed E-state index contributed by atoms with van der Waals surface area (Å²) in [5.74, 6) is -1.41. The van der Waals surface area contributed by atoms with Crippen LogP contribution in [0.2, 0.25) is 0 Å². The maximum atomic E-state index is 14.1. The number of furan rings is 1. The fourth-order valence-electron chi connectivity index (χ4n) is 5.22. The lowest BCUT2D eigenvalue weighted by atomic mass is 10.1. The second-order valence-electron chi connectivity index (χ2n) is 10.5. The SMILES string of the molecule is Cc1c(C(=O)O)oc2ccc(S(=O)(=O)N(CCc3ccccc3)c3ccc(N4CCN(C(=O)N(C)C)CC4)cc3)cc12. The molecule has 42 heavy (non-hydrogen) atoms. The molecule has 1 N–H and O–H groups in total. The molecule has 2 amide bonds. The molecular weight excluding hydrogens is 556 g/mol. The number of hydrogen-bond donors (Lipinski definition) is 1. The van der Waals surface area contributed by atoms with Crippen molar-refractivity contribution in [3.63, 3.8) is 0 Å². The second-order valence-corrected chi connectivity index (χ2v) is 12.4. The molecule has 1 aliphatic heterocycles. The molecule has 0 unspecified atom stereocenters. The Morgan fingerprint density at radius 3 is 2.21 bits per heavy atom. The molecule has 4 aromatic rings. The average Bonchev–Trinajstić information content (AvgIpc) is 3.33. The first-order valence-corrected chi connectivity index (χ1v) is 15.1. The number of piperazine rings is 1. The van der Waals surface area contributed by atoms with E-state index in [0.29, 0.717) is 54.8 Å². The Kier molecular flexibility index (Phi) is 8.13. The van der Waals surface area contributed by atoms with Crippen molar-refractivity contribution < 1.29 is 27.5 Å². The van der Waals surface area contributed by atoms with Crippen molar-refractivity contribution in [2.75, 3.05) is 56.0 Å². The number of hydrogen-bond acceptors (Lipinski definition) is 6.